The number of nitrogens with one attached hydrogen (secondary N) is 2. The number of hydrogen-bond acceptors (Lipinski definition) is 5. The van der Waals surface area contributed by atoms with Crippen LogP contribution in [-0.4, -0.2) is 44.7 Å². The zero-order valence-corrected chi connectivity index (χ0v) is 29.2. The van der Waals surface area contributed by atoms with E-state index in [0.29, 0.717) is 13.2 Å². The van der Waals surface area contributed by atoms with Crippen molar-refractivity contribution in [1.82, 2.24) is 25.1 Å². The molecule has 1 saturated heterocycles. The highest BCUT2D eigenvalue weighted by Gasteiger charge is 2.44. The van der Waals surface area contributed by atoms with Gasteiger partial charge >= 0.3 is 0 Å². The molecule has 9 rings (SSSR count). The molecule has 1 spiro atoms. The number of nitrogens with zero attached hydrogens (tertiary/aromatic N) is 3. The summed E-state index contributed by atoms with van der Waals surface area (Å²) in [6.07, 6.45) is 3.43. The molecule has 5 aromatic carbocycles. The highest BCUT2D eigenvalue weighted by molar-refractivity contribution is 5.99. The first kappa shape index (κ1) is 32.3. The maximum Gasteiger partial charge on any atom is 0.287 e. The molecule has 1 unspecified atom stereocenters. The van der Waals surface area contributed by atoms with Crippen LogP contribution >= 0.6 is 0 Å². The van der Waals surface area contributed by atoms with Crippen LogP contribution in [0.1, 0.15) is 83.1 Å². The molecule has 8 nitrogen and oxygen atoms in total. The van der Waals surface area contributed by atoms with Crippen molar-refractivity contribution in [1.29, 1.82) is 0 Å². The Morgan fingerprint density at radius 3 is 1.90 bits per heavy atom. The van der Waals surface area contributed by atoms with E-state index in [-0.39, 0.29) is 23.7 Å². The molecular formula is C44H41N5O3. The van der Waals surface area contributed by atoms with Crippen molar-refractivity contribution in [3.63, 3.8) is 0 Å². The van der Waals surface area contributed by atoms with Gasteiger partial charge in [-0.2, -0.15) is 5.10 Å². The van der Waals surface area contributed by atoms with Crippen molar-refractivity contribution in [3.8, 4) is 0 Å². The Kier molecular flexibility index (Phi) is 8.21. The van der Waals surface area contributed by atoms with Crippen LogP contribution in [0, 0.1) is 0 Å². The van der Waals surface area contributed by atoms with E-state index in [4.69, 9.17) is 19.6 Å². The summed E-state index contributed by atoms with van der Waals surface area (Å²) in [6.45, 7) is 3.28. The molecule has 1 aliphatic heterocycles. The molecule has 1 aliphatic carbocycles. The second kappa shape index (κ2) is 13.2. The molecule has 2 fully saturated rings. The van der Waals surface area contributed by atoms with E-state index in [1.54, 1.807) is 0 Å². The van der Waals surface area contributed by atoms with Gasteiger partial charge in [-0.05, 0) is 54.2 Å². The van der Waals surface area contributed by atoms with Crippen molar-refractivity contribution >= 4 is 27.8 Å². The molecule has 1 saturated carbocycles. The fourth-order valence-corrected chi connectivity index (χ4v) is 8.42. The van der Waals surface area contributed by atoms with Gasteiger partial charge < -0.3 is 19.8 Å². The highest BCUT2D eigenvalue weighted by Crippen LogP contribution is 2.47. The zero-order valence-electron chi connectivity index (χ0n) is 29.2. The van der Waals surface area contributed by atoms with Crippen molar-refractivity contribution in [2.24, 2.45) is 0 Å². The number of rotatable bonds is 8. The molecule has 8 heteroatoms. The Morgan fingerprint density at radius 2 is 1.35 bits per heavy atom. The van der Waals surface area contributed by atoms with Crippen LogP contribution in [-0.2, 0) is 15.0 Å². The molecule has 2 aliphatic rings. The normalized spacial score (nSPS) is 16.8. The van der Waals surface area contributed by atoms with Gasteiger partial charge in [-0.3, -0.25) is 4.79 Å². The zero-order chi connectivity index (χ0) is 35.1. The Hall–Kier alpha value is -5.57. The summed E-state index contributed by atoms with van der Waals surface area (Å²) in [5.41, 5.74) is 7.00. The Balaban J connectivity index is 1.25. The fourth-order valence-electron chi connectivity index (χ4n) is 8.42. The van der Waals surface area contributed by atoms with Gasteiger partial charge in [0.1, 0.15) is 5.54 Å². The monoisotopic (exact) mass is 687 g/mol. The number of fused-ring (bicyclic) bond motifs is 2. The minimum atomic E-state index is -0.813. The lowest BCUT2D eigenvalue weighted by atomic mass is 9.77. The minimum Gasteiger partial charge on any atom is -0.348 e. The number of ether oxygens (including phenoxy) is 2. The van der Waals surface area contributed by atoms with Gasteiger partial charge in [0, 0.05) is 24.1 Å². The maximum atomic E-state index is 13.6. The lowest BCUT2D eigenvalue weighted by Crippen LogP contribution is -2.39. The van der Waals surface area contributed by atoms with Crippen LogP contribution in [0.15, 0.2) is 133 Å². The van der Waals surface area contributed by atoms with E-state index in [2.05, 4.69) is 118 Å². The van der Waals surface area contributed by atoms with Crippen LogP contribution in [0.5, 0.6) is 0 Å². The molecule has 1 amide bonds. The Morgan fingerprint density at radius 1 is 0.808 bits per heavy atom. The number of aromatic amines is 1. The number of hydrogen-bond donors (Lipinski definition) is 2. The second-order valence-electron chi connectivity index (χ2n) is 14.1. The third kappa shape index (κ3) is 5.50. The third-order valence-corrected chi connectivity index (χ3v) is 11.0. The SMILES string of the molecule is CC(NC(=O)c1nc2cc3c(C4CCC5(CC4)OCCO5)nn(C(c4ccccc4)(c4ccccc4)c4ccccc4)c3cc2[nH]1)c1ccccc1. The lowest BCUT2D eigenvalue weighted by Gasteiger charge is -2.37. The van der Waals surface area contributed by atoms with Crippen LogP contribution in [0.25, 0.3) is 21.9 Å². The van der Waals surface area contributed by atoms with E-state index in [9.17, 15) is 4.79 Å². The molecule has 0 bridgehead atoms. The molecule has 2 N–H and O–H groups in total. The molecule has 3 heterocycles. The van der Waals surface area contributed by atoms with Gasteiger partial charge in [0.25, 0.3) is 5.91 Å². The summed E-state index contributed by atoms with van der Waals surface area (Å²) in [5, 5.41) is 9.83. The molecule has 0 radical (unpaired) electrons. The average molecular weight is 688 g/mol. The van der Waals surface area contributed by atoms with Crippen LogP contribution in [0.2, 0.25) is 0 Å². The van der Waals surface area contributed by atoms with Crippen LogP contribution in [0.4, 0.5) is 0 Å². The van der Waals surface area contributed by atoms with Crippen molar-refractivity contribution in [3.05, 3.63) is 167 Å². The first-order valence-electron chi connectivity index (χ1n) is 18.3. The van der Waals surface area contributed by atoms with Gasteiger partial charge in [-0.1, -0.05) is 121 Å². The number of aromatic nitrogens is 4. The fraction of sp³-hybridized carbons (Fsp3) is 0.250. The topological polar surface area (TPSA) is 94.1 Å². The third-order valence-electron chi connectivity index (χ3n) is 11.0. The summed E-state index contributed by atoms with van der Waals surface area (Å²) >= 11 is 0. The van der Waals surface area contributed by atoms with Gasteiger partial charge in [0.05, 0.1) is 41.5 Å². The number of benzene rings is 5. The minimum absolute atomic E-state index is 0.174. The van der Waals surface area contributed by atoms with Crippen molar-refractivity contribution < 1.29 is 14.3 Å². The van der Waals surface area contributed by atoms with E-state index in [0.717, 1.165) is 75.6 Å². The van der Waals surface area contributed by atoms with Crippen molar-refractivity contribution in [2.45, 2.75) is 55.9 Å². The van der Waals surface area contributed by atoms with Crippen LogP contribution < -0.4 is 5.32 Å². The van der Waals surface area contributed by atoms with E-state index in [1.807, 2.05) is 37.3 Å². The summed E-state index contributed by atoms with van der Waals surface area (Å²) < 4.78 is 14.5. The Labute approximate surface area is 302 Å². The molecule has 2 aromatic heterocycles. The Bertz CT molecular complexity index is 2220. The quantitative estimate of drug-likeness (QED) is 0.156. The summed E-state index contributed by atoms with van der Waals surface area (Å²) in [5.74, 6) is -0.263. The summed E-state index contributed by atoms with van der Waals surface area (Å²) in [4.78, 5) is 21.8. The molecular weight excluding hydrogens is 647 g/mol. The number of amides is 1. The van der Waals surface area contributed by atoms with Gasteiger partial charge in [0.15, 0.2) is 11.6 Å². The first-order chi connectivity index (χ1) is 25.5. The van der Waals surface area contributed by atoms with E-state index < -0.39 is 11.3 Å². The number of imidazole rings is 1. The average Bonchev–Trinajstić information content (AvgIpc) is 3.94. The molecule has 1 atom stereocenters. The number of H-pyrrole nitrogens is 1. The predicted molar refractivity (Wildman–Crippen MR) is 202 cm³/mol. The number of carbonyl (C=O) groups is 1. The largest absolute Gasteiger partial charge is 0.348 e. The molecule has 260 valence electrons. The molecule has 7 aromatic rings. The summed E-state index contributed by atoms with van der Waals surface area (Å²) in [7, 11) is 0. The van der Waals surface area contributed by atoms with Gasteiger partial charge in [-0.25, -0.2) is 9.67 Å². The van der Waals surface area contributed by atoms with E-state index in [1.165, 1.54) is 0 Å². The smallest absolute Gasteiger partial charge is 0.287 e. The van der Waals surface area contributed by atoms with Crippen LogP contribution in [0.3, 0.4) is 0 Å². The predicted octanol–water partition coefficient (Wildman–Crippen LogP) is 8.64. The van der Waals surface area contributed by atoms with Gasteiger partial charge in [-0.15, -0.1) is 0 Å². The lowest BCUT2D eigenvalue weighted by molar-refractivity contribution is -0.178. The first-order valence-corrected chi connectivity index (χ1v) is 18.3. The highest BCUT2D eigenvalue weighted by atomic mass is 16.7. The molecule has 52 heavy (non-hydrogen) atoms. The second-order valence-corrected chi connectivity index (χ2v) is 14.1. The summed E-state index contributed by atoms with van der Waals surface area (Å²) in [6, 6.07) is 45.9. The van der Waals surface area contributed by atoms with Gasteiger partial charge in [0.2, 0.25) is 0 Å². The van der Waals surface area contributed by atoms with Crippen molar-refractivity contribution in [2.75, 3.05) is 13.2 Å². The van der Waals surface area contributed by atoms with E-state index >= 15 is 0 Å². The maximum absolute atomic E-state index is 13.6. The standard InChI is InChI=1S/C44H41N5O3/c1-30(31-14-6-2-7-15-31)45-42(50)41-46-37-28-36-39(29-38(37)47-41)49(48-40(36)32-22-24-43(25-23-32)51-26-27-52-43)44(33-16-8-3-9-17-33,34-18-10-4-11-19-34)35-20-12-5-13-21-35/h2-21,28-30,32H,22-27H2,1H3,(H,45,50)(H,46,47). The number of carbonyl (C=O) groups excluding carboxylic acids is 1.